The van der Waals surface area contributed by atoms with Crippen LogP contribution >= 0.6 is 0 Å². The van der Waals surface area contributed by atoms with Crippen molar-refractivity contribution in [2.75, 3.05) is 13.6 Å². The first-order valence-corrected chi connectivity index (χ1v) is 6.24. The van der Waals surface area contributed by atoms with Crippen molar-refractivity contribution in [3.63, 3.8) is 0 Å². The maximum Gasteiger partial charge on any atom is 0.233 e. The zero-order valence-electron chi connectivity index (χ0n) is 10.9. The minimum Gasteiger partial charge on any atom is -0.358 e. The number of likely N-dealkylation sites (N-methyl/N-ethyl adjacent to an activating group) is 1. The van der Waals surface area contributed by atoms with E-state index in [1.807, 2.05) is 0 Å². The van der Waals surface area contributed by atoms with Crippen LogP contribution in [0.2, 0.25) is 0 Å². The zero-order valence-corrected chi connectivity index (χ0v) is 10.9. The Bertz CT molecular complexity index is 346. The number of benzene rings is 1. The van der Waals surface area contributed by atoms with Gasteiger partial charge in [-0.3, -0.25) is 4.79 Å². The van der Waals surface area contributed by atoms with E-state index in [2.05, 4.69) is 48.7 Å². The van der Waals surface area contributed by atoms with E-state index < -0.39 is 0 Å². The maximum absolute atomic E-state index is 11.2. The van der Waals surface area contributed by atoms with Gasteiger partial charge in [-0.25, -0.2) is 0 Å². The first kappa shape index (κ1) is 13.7. The van der Waals surface area contributed by atoms with E-state index in [9.17, 15) is 4.79 Å². The smallest absolute Gasteiger partial charge is 0.233 e. The highest BCUT2D eigenvalue weighted by molar-refractivity contribution is 5.77. The van der Waals surface area contributed by atoms with E-state index in [1.54, 1.807) is 7.05 Å². The van der Waals surface area contributed by atoms with E-state index in [4.69, 9.17) is 0 Å². The number of hydrogen-bond donors (Lipinski definition) is 2. The second kappa shape index (κ2) is 7.07. The Morgan fingerprint density at radius 2 is 1.88 bits per heavy atom. The number of rotatable bonds is 6. The summed E-state index contributed by atoms with van der Waals surface area (Å²) < 4.78 is 0. The molecule has 1 amide bonds. The summed E-state index contributed by atoms with van der Waals surface area (Å²) in [4.78, 5) is 11.2. The Balaban J connectivity index is 2.62. The molecule has 1 unspecified atom stereocenters. The molecule has 1 aromatic carbocycles. The maximum atomic E-state index is 11.2. The SMILES string of the molecule is CCc1ccc(C(CC)NCC(=O)NC)cc1. The zero-order chi connectivity index (χ0) is 12.7. The highest BCUT2D eigenvalue weighted by Gasteiger charge is 2.09. The van der Waals surface area contributed by atoms with Crippen LogP contribution < -0.4 is 10.6 Å². The van der Waals surface area contributed by atoms with Crippen molar-refractivity contribution in [3.8, 4) is 0 Å². The molecule has 0 saturated carbocycles. The Morgan fingerprint density at radius 1 is 1.24 bits per heavy atom. The van der Waals surface area contributed by atoms with E-state index in [1.165, 1.54) is 11.1 Å². The molecule has 0 spiro atoms. The first-order chi connectivity index (χ1) is 8.21. The second-order valence-electron chi connectivity index (χ2n) is 4.11. The number of hydrogen-bond acceptors (Lipinski definition) is 2. The summed E-state index contributed by atoms with van der Waals surface area (Å²) in [5.41, 5.74) is 2.59. The molecule has 0 aliphatic rings. The molecule has 94 valence electrons. The van der Waals surface area contributed by atoms with Gasteiger partial charge in [-0.1, -0.05) is 38.1 Å². The average molecular weight is 234 g/mol. The minimum atomic E-state index is 0.0219. The number of carbonyl (C=O) groups excluding carboxylic acids is 1. The van der Waals surface area contributed by atoms with Gasteiger partial charge in [-0.2, -0.15) is 0 Å². The highest BCUT2D eigenvalue weighted by Crippen LogP contribution is 2.17. The Hall–Kier alpha value is -1.35. The quantitative estimate of drug-likeness (QED) is 0.791. The van der Waals surface area contributed by atoms with E-state index in [0.29, 0.717) is 6.54 Å². The molecular formula is C14H22N2O. The van der Waals surface area contributed by atoms with Gasteiger partial charge in [0.1, 0.15) is 0 Å². The van der Waals surface area contributed by atoms with Crippen LogP contribution in [-0.4, -0.2) is 19.5 Å². The lowest BCUT2D eigenvalue weighted by molar-refractivity contribution is -0.119. The summed E-state index contributed by atoms with van der Waals surface area (Å²) in [5.74, 6) is 0.0219. The third-order valence-electron chi connectivity index (χ3n) is 2.99. The summed E-state index contributed by atoms with van der Waals surface area (Å²) in [6.45, 7) is 4.63. The molecule has 1 aromatic rings. The standard InChI is InChI=1S/C14H22N2O/c1-4-11-6-8-12(9-7-11)13(5-2)16-10-14(17)15-3/h6-9,13,16H,4-5,10H2,1-3H3,(H,15,17). The molecule has 0 saturated heterocycles. The van der Waals surface area contributed by atoms with Gasteiger partial charge in [0.2, 0.25) is 5.91 Å². The summed E-state index contributed by atoms with van der Waals surface area (Å²) in [7, 11) is 1.65. The summed E-state index contributed by atoms with van der Waals surface area (Å²) in [5, 5.41) is 5.87. The molecule has 1 atom stereocenters. The van der Waals surface area contributed by atoms with Crippen molar-refractivity contribution in [1.82, 2.24) is 10.6 Å². The minimum absolute atomic E-state index is 0.0219. The molecule has 0 aromatic heterocycles. The van der Waals surface area contributed by atoms with E-state index in [0.717, 1.165) is 12.8 Å². The van der Waals surface area contributed by atoms with E-state index >= 15 is 0 Å². The summed E-state index contributed by atoms with van der Waals surface area (Å²) >= 11 is 0. The largest absolute Gasteiger partial charge is 0.358 e. The number of amides is 1. The fourth-order valence-corrected chi connectivity index (χ4v) is 1.79. The van der Waals surface area contributed by atoms with Crippen molar-refractivity contribution < 1.29 is 4.79 Å². The lowest BCUT2D eigenvalue weighted by Gasteiger charge is -2.17. The van der Waals surface area contributed by atoms with Crippen LogP contribution in [0.5, 0.6) is 0 Å². The fourth-order valence-electron chi connectivity index (χ4n) is 1.79. The molecule has 0 bridgehead atoms. The van der Waals surface area contributed by atoms with Gasteiger partial charge in [0.15, 0.2) is 0 Å². The van der Waals surface area contributed by atoms with Gasteiger partial charge in [0.25, 0.3) is 0 Å². The highest BCUT2D eigenvalue weighted by atomic mass is 16.1. The first-order valence-electron chi connectivity index (χ1n) is 6.24. The van der Waals surface area contributed by atoms with Crippen LogP contribution in [0.3, 0.4) is 0 Å². The molecule has 0 radical (unpaired) electrons. The van der Waals surface area contributed by atoms with Crippen LogP contribution in [0, 0.1) is 0 Å². The number of aryl methyl sites for hydroxylation is 1. The van der Waals surface area contributed by atoms with Crippen LogP contribution in [0.25, 0.3) is 0 Å². The lowest BCUT2D eigenvalue weighted by atomic mass is 10.0. The van der Waals surface area contributed by atoms with Crippen LogP contribution in [0.4, 0.5) is 0 Å². The monoisotopic (exact) mass is 234 g/mol. The number of nitrogens with one attached hydrogen (secondary N) is 2. The van der Waals surface area contributed by atoms with Crippen molar-refractivity contribution in [2.45, 2.75) is 32.7 Å². The second-order valence-corrected chi connectivity index (χ2v) is 4.11. The van der Waals surface area contributed by atoms with Gasteiger partial charge >= 0.3 is 0 Å². The van der Waals surface area contributed by atoms with Crippen LogP contribution in [0.15, 0.2) is 24.3 Å². The molecule has 0 fully saturated rings. The molecule has 0 aliphatic heterocycles. The lowest BCUT2D eigenvalue weighted by Crippen LogP contribution is -2.33. The van der Waals surface area contributed by atoms with Crippen molar-refractivity contribution in [2.24, 2.45) is 0 Å². The fraction of sp³-hybridized carbons (Fsp3) is 0.500. The van der Waals surface area contributed by atoms with E-state index in [-0.39, 0.29) is 11.9 Å². The molecule has 17 heavy (non-hydrogen) atoms. The number of carbonyl (C=O) groups is 1. The Kier molecular flexibility index (Phi) is 5.70. The molecule has 0 heterocycles. The predicted octanol–water partition coefficient (Wildman–Crippen LogP) is 2.04. The van der Waals surface area contributed by atoms with Gasteiger partial charge in [-0.05, 0) is 24.0 Å². The topological polar surface area (TPSA) is 41.1 Å². The van der Waals surface area contributed by atoms with Gasteiger partial charge < -0.3 is 10.6 Å². The molecule has 3 heteroatoms. The summed E-state index contributed by atoms with van der Waals surface area (Å²) in [6, 6.07) is 8.84. The van der Waals surface area contributed by atoms with Crippen molar-refractivity contribution >= 4 is 5.91 Å². The van der Waals surface area contributed by atoms with Gasteiger partial charge in [0, 0.05) is 13.1 Å². The average Bonchev–Trinajstić information content (AvgIpc) is 2.39. The van der Waals surface area contributed by atoms with Gasteiger partial charge in [-0.15, -0.1) is 0 Å². The molecular weight excluding hydrogens is 212 g/mol. The Labute approximate surface area is 104 Å². The Morgan fingerprint density at radius 3 is 2.35 bits per heavy atom. The normalized spacial score (nSPS) is 12.2. The third kappa shape index (κ3) is 4.19. The predicted molar refractivity (Wildman–Crippen MR) is 70.9 cm³/mol. The van der Waals surface area contributed by atoms with Crippen LogP contribution in [-0.2, 0) is 11.2 Å². The van der Waals surface area contributed by atoms with Crippen molar-refractivity contribution in [3.05, 3.63) is 35.4 Å². The van der Waals surface area contributed by atoms with Crippen molar-refractivity contribution in [1.29, 1.82) is 0 Å². The molecule has 0 aliphatic carbocycles. The third-order valence-corrected chi connectivity index (χ3v) is 2.99. The molecule has 2 N–H and O–H groups in total. The molecule has 3 nitrogen and oxygen atoms in total. The molecule has 1 rings (SSSR count). The van der Waals surface area contributed by atoms with Gasteiger partial charge in [0.05, 0.1) is 6.54 Å². The summed E-state index contributed by atoms with van der Waals surface area (Å²) in [6.07, 6.45) is 2.03. The van der Waals surface area contributed by atoms with Crippen LogP contribution in [0.1, 0.15) is 37.4 Å².